The maximum Gasteiger partial charge on any atom is 0.216 e. The van der Waals surface area contributed by atoms with Crippen molar-refractivity contribution in [3.8, 4) is 0 Å². The van der Waals surface area contributed by atoms with Crippen LogP contribution in [0, 0.1) is 5.92 Å². The van der Waals surface area contributed by atoms with Crippen LogP contribution in [0.4, 0.5) is 0 Å². The zero-order valence-electron chi connectivity index (χ0n) is 14.0. The van der Waals surface area contributed by atoms with Crippen molar-refractivity contribution >= 4 is 10.0 Å². The van der Waals surface area contributed by atoms with Gasteiger partial charge in [0.15, 0.2) is 0 Å². The number of likely N-dealkylation sites (tertiary alicyclic amines) is 1. The fourth-order valence-corrected chi connectivity index (χ4v) is 5.76. The maximum atomic E-state index is 12.3. The van der Waals surface area contributed by atoms with Crippen molar-refractivity contribution in [2.45, 2.75) is 62.8 Å². The Kier molecular flexibility index (Phi) is 5.12. The second-order valence-electron chi connectivity index (χ2n) is 7.51. The van der Waals surface area contributed by atoms with E-state index in [9.17, 15) is 8.42 Å². The number of sulfonamides is 1. The summed E-state index contributed by atoms with van der Waals surface area (Å²) >= 11 is 0. The minimum Gasteiger partial charge on any atom is -0.311 e. The van der Waals surface area contributed by atoms with E-state index in [0.29, 0.717) is 25.2 Å². The maximum absolute atomic E-state index is 12.3. The summed E-state index contributed by atoms with van der Waals surface area (Å²) in [4.78, 5) is 2.41. The number of piperidine rings is 2. The molecule has 3 fully saturated rings. The Morgan fingerprint density at radius 1 is 0.955 bits per heavy atom. The molecule has 22 heavy (non-hydrogen) atoms. The predicted molar refractivity (Wildman–Crippen MR) is 89.4 cm³/mol. The van der Waals surface area contributed by atoms with Gasteiger partial charge in [-0.15, -0.1) is 0 Å². The molecule has 1 saturated carbocycles. The van der Waals surface area contributed by atoms with Gasteiger partial charge in [-0.05, 0) is 71.5 Å². The van der Waals surface area contributed by atoms with Crippen molar-refractivity contribution in [2.24, 2.45) is 5.92 Å². The van der Waals surface area contributed by atoms with Crippen LogP contribution in [0.3, 0.4) is 0 Å². The molecule has 6 heteroatoms. The highest BCUT2D eigenvalue weighted by molar-refractivity contribution is 7.90. The van der Waals surface area contributed by atoms with Crippen LogP contribution >= 0.6 is 0 Å². The highest BCUT2D eigenvalue weighted by Gasteiger charge is 2.41. The standard InChI is InChI=1S/C16H31N3O2S/c1-13(14-5-9-18(2)10-6-14)17-15-7-11-19(12-8-15)22(20,21)16-3-4-16/h13-17H,3-12H2,1-2H3. The molecular formula is C16H31N3O2S. The van der Waals surface area contributed by atoms with Crippen LogP contribution in [0.25, 0.3) is 0 Å². The lowest BCUT2D eigenvalue weighted by Gasteiger charge is -2.37. The number of hydrogen-bond acceptors (Lipinski definition) is 4. The van der Waals surface area contributed by atoms with Gasteiger partial charge in [0.2, 0.25) is 10.0 Å². The topological polar surface area (TPSA) is 52.7 Å². The molecule has 1 atom stereocenters. The van der Waals surface area contributed by atoms with Crippen molar-refractivity contribution in [1.82, 2.24) is 14.5 Å². The molecule has 0 radical (unpaired) electrons. The molecular weight excluding hydrogens is 298 g/mol. The van der Waals surface area contributed by atoms with E-state index in [1.165, 1.54) is 25.9 Å². The summed E-state index contributed by atoms with van der Waals surface area (Å²) in [7, 11) is -0.769. The largest absolute Gasteiger partial charge is 0.311 e. The average Bonchev–Trinajstić information content (AvgIpc) is 3.33. The average molecular weight is 330 g/mol. The number of hydrogen-bond donors (Lipinski definition) is 1. The third kappa shape index (κ3) is 3.83. The van der Waals surface area contributed by atoms with Gasteiger partial charge in [-0.3, -0.25) is 0 Å². The smallest absolute Gasteiger partial charge is 0.216 e. The minimum atomic E-state index is -2.97. The molecule has 0 spiro atoms. The first-order valence-electron chi connectivity index (χ1n) is 8.90. The molecule has 0 amide bonds. The summed E-state index contributed by atoms with van der Waals surface area (Å²) in [5.41, 5.74) is 0. The molecule has 5 nitrogen and oxygen atoms in total. The van der Waals surface area contributed by atoms with E-state index < -0.39 is 10.0 Å². The lowest BCUT2D eigenvalue weighted by Crippen LogP contribution is -2.50. The molecule has 3 aliphatic rings. The monoisotopic (exact) mass is 329 g/mol. The van der Waals surface area contributed by atoms with Crippen molar-refractivity contribution in [2.75, 3.05) is 33.2 Å². The summed E-state index contributed by atoms with van der Waals surface area (Å²) in [6, 6.07) is 1.03. The Morgan fingerprint density at radius 2 is 1.55 bits per heavy atom. The van der Waals surface area contributed by atoms with Gasteiger partial charge >= 0.3 is 0 Å². The van der Waals surface area contributed by atoms with Gasteiger partial charge in [-0.25, -0.2) is 12.7 Å². The summed E-state index contributed by atoms with van der Waals surface area (Å²) < 4.78 is 26.3. The molecule has 2 saturated heterocycles. The number of nitrogens with zero attached hydrogens (tertiary/aromatic N) is 2. The molecule has 0 aromatic carbocycles. The number of rotatable bonds is 5. The first-order valence-corrected chi connectivity index (χ1v) is 10.4. The third-order valence-electron chi connectivity index (χ3n) is 5.73. The van der Waals surface area contributed by atoms with E-state index in [-0.39, 0.29) is 5.25 Å². The first-order chi connectivity index (χ1) is 10.5. The summed E-state index contributed by atoms with van der Waals surface area (Å²) in [6.07, 6.45) is 6.21. The van der Waals surface area contributed by atoms with E-state index in [2.05, 4.69) is 24.2 Å². The fraction of sp³-hybridized carbons (Fsp3) is 1.00. The van der Waals surface area contributed by atoms with Crippen LogP contribution in [-0.4, -0.2) is 68.2 Å². The highest BCUT2D eigenvalue weighted by atomic mass is 32.2. The van der Waals surface area contributed by atoms with Gasteiger partial charge in [-0.1, -0.05) is 0 Å². The van der Waals surface area contributed by atoms with Crippen LogP contribution in [-0.2, 0) is 10.0 Å². The molecule has 0 bridgehead atoms. The van der Waals surface area contributed by atoms with Gasteiger partial charge in [0.1, 0.15) is 0 Å². The Bertz CT molecular complexity index is 462. The van der Waals surface area contributed by atoms with E-state index in [1.807, 2.05) is 0 Å². The highest BCUT2D eigenvalue weighted by Crippen LogP contribution is 2.32. The summed E-state index contributed by atoms with van der Waals surface area (Å²) in [6.45, 7) is 6.13. The van der Waals surface area contributed by atoms with Crippen molar-refractivity contribution in [1.29, 1.82) is 0 Å². The van der Waals surface area contributed by atoms with E-state index in [0.717, 1.165) is 31.6 Å². The SMILES string of the molecule is CC(NC1CCN(S(=O)(=O)C2CC2)CC1)C1CCN(C)CC1. The lowest BCUT2D eigenvalue weighted by atomic mass is 9.89. The second-order valence-corrected chi connectivity index (χ2v) is 9.73. The number of nitrogens with one attached hydrogen (secondary N) is 1. The van der Waals surface area contributed by atoms with E-state index in [1.54, 1.807) is 4.31 Å². The molecule has 2 aliphatic heterocycles. The van der Waals surface area contributed by atoms with Gasteiger partial charge < -0.3 is 10.2 Å². The molecule has 1 aliphatic carbocycles. The molecule has 0 aromatic heterocycles. The molecule has 3 rings (SSSR count). The second kappa shape index (κ2) is 6.75. The van der Waals surface area contributed by atoms with Crippen LogP contribution in [0.5, 0.6) is 0 Å². The lowest BCUT2D eigenvalue weighted by molar-refractivity contribution is 0.174. The van der Waals surface area contributed by atoms with Gasteiger partial charge in [0.25, 0.3) is 0 Å². The van der Waals surface area contributed by atoms with Crippen LogP contribution in [0.1, 0.15) is 45.4 Å². The van der Waals surface area contributed by atoms with Crippen molar-refractivity contribution in [3.63, 3.8) is 0 Å². The fourth-order valence-electron chi connectivity index (χ4n) is 3.89. The Morgan fingerprint density at radius 3 is 2.09 bits per heavy atom. The van der Waals surface area contributed by atoms with Gasteiger partial charge in [0, 0.05) is 25.2 Å². The Hall–Kier alpha value is -0.170. The Labute approximate surface area is 135 Å². The molecule has 128 valence electrons. The molecule has 2 heterocycles. The third-order valence-corrected chi connectivity index (χ3v) is 8.13. The van der Waals surface area contributed by atoms with Gasteiger partial charge in [-0.2, -0.15) is 0 Å². The van der Waals surface area contributed by atoms with Crippen molar-refractivity contribution < 1.29 is 8.42 Å². The Balaban J connectivity index is 1.43. The predicted octanol–water partition coefficient (Wildman–Crippen LogP) is 1.26. The van der Waals surface area contributed by atoms with Gasteiger partial charge in [0.05, 0.1) is 5.25 Å². The summed E-state index contributed by atoms with van der Waals surface area (Å²) in [5.74, 6) is 0.768. The first kappa shape index (κ1) is 16.7. The van der Waals surface area contributed by atoms with E-state index >= 15 is 0 Å². The van der Waals surface area contributed by atoms with Crippen molar-refractivity contribution in [3.05, 3.63) is 0 Å². The van der Waals surface area contributed by atoms with Crippen LogP contribution in [0.15, 0.2) is 0 Å². The zero-order chi connectivity index (χ0) is 15.7. The van der Waals surface area contributed by atoms with E-state index in [4.69, 9.17) is 0 Å². The van der Waals surface area contributed by atoms with Crippen LogP contribution in [0.2, 0.25) is 0 Å². The normalized spacial score (nSPS) is 28.8. The zero-order valence-corrected chi connectivity index (χ0v) is 14.8. The van der Waals surface area contributed by atoms with Crippen LogP contribution < -0.4 is 5.32 Å². The quantitative estimate of drug-likeness (QED) is 0.825. The minimum absolute atomic E-state index is 0.0600. The molecule has 1 unspecified atom stereocenters. The molecule has 1 N–H and O–H groups in total. The summed E-state index contributed by atoms with van der Waals surface area (Å²) in [5, 5.41) is 3.72. The molecule has 0 aromatic rings.